The van der Waals surface area contributed by atoms with Crippen LogP contribution in [-0.4, -0.2) is 5.90 Å². The van der Waals surface area contributed by atoms with Crippen LogP contribution in [0.5, 0.6) is 5.75 Å². The Morgan fingerprint density at radius 3 is 2.77 bits per heavy atom. The smallest absolute Gasteiger partial charge is 0.223 e. The van der Waals surface area contributed by atoms with Crippen LogP contribution in [0.25, 0.3) is 0 Å². The summed E-state index contributed by atoms with van der Waals surface area (Å²) in [6, 6.07) is 7.29. The maximum absolute atomic E-state index is 5.59. The Bertz CT molecular complexity index is 394. The zero-order chi connectivity index (χ0) is 9.26. The molecule has 0 spiro atoms. The van der Waals surface area contributed by atoms with Crippen molar-refractivity contribution in [2.45, 2.75) is 6.92 Å². The van der Waals surface area contributed by atoms with Crippen molar-refractivity contribution in [1.82, 2.24) is 0 Å². The van der Waals surface area contributed by atoms with Crippen molar-refractivity contribution < 1.29 is 4.74 Å². The first-order valence-electron chi connectivity index (χ1n) is 4.04. The van der Waals surface area contributed by atoms with Gasteiger partial charge in [0.1, 0.15) is 5.75 Å². The van der Waals surface area contributed by atoms with E-state index in [-0.39, 0.29) is 0 Å². The highest BCUT2D eigenvalue weighted by molar-refractivity contribution is 5.99. The summed E-state index contributed by atoms with van der Waals surface area (Å²) in [4.78, 5) is 3.97. The predicted octanol–water partition coefficient (Wildman–Crippen LogP) is 1.96. The number of ether oxygens (including phenoxy) is 1. The third-order valence-electron chi connectivity index (χ3n) is 1.79. The number of anilines is 1. The van der Waals surface area contributed by atoms with E-state index in [2.05, 4.69) is 4.99 Å². The Hall–Kier alpha value is -1.77. The average Bonchev–Trinajstić information content (AvgIpc) is 2.12. The summed E-state index contributed by atoms with van der Waals surface area (Å²) >= 11 is 0. The van der Waals surface area contributed by atoms with Crippen molar-refractivity contribution >= 4 is 11.6 Å². The first-order valence-corrected chi connectivity index (χ1v) is 4.04. The van der Waals surface area contributed by atoms with Crippen LogP contribution in [0.3, 0.4) is 0 Å². The largest absolute Gasteiger partial charge is 0.439 e. The van der Waals surface area contributed by atoms with Crippen LogP contribution in [0.4, 0.5) is 5.69 Å². The number of hydrogen-bond donors (Lipinski definition) is 1. The van der Waals surface area contributed by atoms with Crippen molar-refractivity contribution in [2.75, 3.05) is 5.73 Å². The molecule has 2 N–H and O–H groups in total. The molecule has 1 aromatic rings. The molecular weight excluding hydrogens is 164 g/mol. The van der Waals surface area contributed by atoms with Gasteiger partial charge in [0.2, 0.25) is 5.90 Å². The quantitative estimate of drug-likeness (QED) is 0.661. The number of hydrogen-bond acceptors (Lipinski definition) is 3. The SMILES string of the molecule is CC1=CN=C1Oc1cccc(N)c1. The van der Waals surface area contributed by atoms with Gasteiger partial charge >= 0.3 is 0 Å². The lowest BCUT2D eigenvalue weighted by Crippen LogP contribution is -2.14. The number of rotatable bonds is 1. The molecule has 66 valence electrons. The molecule has 0 saturated carbocycles. The average molecular weight is 174 g/mol. The van der Waals surface area contributed by atoms with Crippen molar-refractivity contribution in [3.8, 4) is 5.75 Å². The number of benzene rings is 1. The monoisotopic (exact) mass is 174 g/mol. The van der Waals surface area contributed by atoms with E-state index in [0.717, 1.165) is 11.3 Å². The lowest BCUT2D eigenvalue weighted by atomic mass is 10.2. The summed E-state index contributed by atoms with van der Waals surface area (Å²) < 4.78 is 5.45. The van der Waals surface area contributed by atoms with Gasteiger partial charge in [-0.3, -0.25) is 0 Å². The van der Waals surface area contributed by atoms with Crippen LogP contribution >= 0.6 is 0 Å². The molecule has 0 fully saturated rings. The Kier molecular flexibility index (Phi) is 1.77. The number of nitrogen functional groups attached to an aromatic ring is 1. The molecule has 3 nitrogen and oxygen atoms in total. The Labute approximate surface area is 76.5 Å². The second-order valence-corrected chi connectivity index (χ2v) is 2.92. The van der Waals surface area contributed by atoms with Gasteiger partial charge in [-0.1, -0.05) is 6.07 Å². The fourth-order valence-corrected chi connectivity index (χ4v) is 1.04. The predicted molar refractivity (Wildman–Crippen MR) is 52.7 cm³/mol. The molecule has 3 heteroatoms. The Morgan fingerprint density at radius 1 is 1.38 bits per heavy atom. The van der Waals surface area contributed by atoms with E-state index in [9.17, 15) is 0 Å². The minimum atomic E-state index is 0.672. The molecule has 0 amide bonds. The molecule has 0 bridgehead atoms. The normalized spacial score (nSPS) is 14.2. The molecule has 1 aromatic carbocycles. The van der Waals surface area contributed by atoms with Crippen LogP contribution in [0.2, 0.25) is 0 Å². The van der Waals surface area contributed by atoms with E-state index < -0.39 is 0 Å². The summed E-state index contributed by atoms with van der Waals surface area (Å²) in [6.07, 6.45) is 1.77. The summed E-state index contributed by atoms with van der Waals surface area (Å²) in [5.41, 5.74) is 7.35. The highest BCUT2D eigenvalue weighted by atomic mass is 16.5. The highest BCUT2D eigenvalue weighted by Gasteiger charge is 2.10. The zero-order valence-electron chi connectivity index (χ0n) is 7.32. The molecule has 0 atom stereocenters. The molecule has 0 aliphatic carbocycles. The van der Waals surface area contributed by atoms with Gasteiger partial charge in [0, 0.05) is 23.5 Å². The third-order valence-corrected chi connectivity index (χ3v) is 1.79. The number of aliphatic imine (C=N–C) groups is 1. The van der Waals surface area contributed by atoms with Gasteiger partial charge in [0.05, 0.1) is 0 Å². The molecule has 1 aliphatic rings. The topological polar surface area (TPSA) is 47.6 Å². The van der Waals surface area contributed by atoms with Gasteiger partial charge in [-0.25, -0.2) is 4.99 Å². The summed E-state index contributed by atoms with van der Waals surface area (Å²) in [7, 11) is 0. The second kappa shape index (κ2) is 2.94. The Balaban J connectivity index is 2.11. The van der Waals surface area contributed by atoms with E-state index >= 15 is 0 Å². The fraction of sp³-hybridized carbons (Fsp3) is 0.100. The minimum absolute atomic E-state index is 0.672. The van der Waals surface area contributed by atoms with Crippen LogP contribution < -0.4 is 10.5 Å². The van der Waals surface area contributed by atoms with Crippen molar-refractivity contribution in [1.29, 1.82) is 0 Å². The highest BCUT2D eigenvalue weighted by Crippen LogP contribution is 2.18. The van der Waals surface area contributed by atoms with Crippen LogP contribution in [0.1, 0.15) is 6.92 Å². The first-order chi connectivity index (χ1) is 6.25. The summed E-state index contributed by atoms with van der Waals surface area (Å²) in [5, 5.41) is 0. The van der Waals surface area contributed by atoms with Gasteiger partial charge < -0.3 is 10.5 Å². The molecule has 1 heterocycles. The first kappa shape index (κ1) is 7.86. The fourth-order valence-electron chi connectivity index (χ4n) is 1.04. The van der Waals surface area contributed by atoms with E-state index in [0.29, 0.717) is 11.6 Å². The van der Waals surface area contributed by atoms with Crippen molar-refractivity contribution in [3.63, 3.8) is 0 Å². The molecule has 0 aromatic heterocycles. The number of nitrogens with zero attached hydrogens (tertiary/aromatic N) is 1. The van der Waals surface area contributed by atoms with Gasteiger partial charge in [0.25, 0.3) is 0 Å². The van der Waals surface area contributed by atoms with Gasteiger partial charge in [-0.15, -0.1) is 0 Å². The lowest BCUT2D eigenvalue weighted by Gasteiger charge is -2.13. The van der Waals surface area contributed by atoms with E-state index in [1.165, 1.54) is 0 Å². The molecule has 0 unspecified atom stereocenters. The molecule has 13 heavy (non-hydrogen) atoms. The van der Waals surface area contributed by atoms with Crippen molar-refractivity contribution in [3.05, 3.63) is 36.0 Å². The molecule has 2 rings (SSSR count). The lowest BCUT2D eigenvalue weighted by molar-refractivity contribution is 0.545. The van der Waals surface area contributed by atoms with Gasteiger partial charge in [-0.05, 0) is 19.1 Å². The molecule has 1 aliphatic heterocycles. The van der Waals surface area contributed by atoms with Crippen molar-refractivity contribution in [2.24, 2.45) is 4.99 Å². The van der Waals surface area contributed by atoms with Crippen LogP contribution in [-0.2, 0) is 0 Å². The minimum Gasteiger partial charge on any atom is -0.439 e. The van der Waals surface area contributed by atoms with Gasteiger partial charge in [0.15, 0.2) is 0 Å². The van der Waals surface area contributed by atoms with Crippen LogP contribution in [0.15, 0.2) is 41.0 Å². The second-order valence-electron chi connectivity index (χ2n) is 2.92. The molecule has 0 saturated heterocycles. The maximum Gasteiger partial charge on any atom is 0.223 e. The standard InChI is InChI=1S/C10H10N2O/c1-7-6-12-10(7)13-9-4-2-3-8(11)5-9/h2-6H,11H2,1H3. The van der Waals surface area contributed by atoms with Gasteiger partial charge in [-0.2, -0.15) is 0 Å². The summed E-state index contributed by atoms with van der Waals surface area (Å²) in [6.45, 7) is 1.95. The van der Waals surface area contributed by atoms with Crippen LogP contribution in [0, 0.1) is 0 Å². The molecule has 0 radical (unpaired) electrons. The zero-order valence-corrected chi connectivity index (χ0v) is 7.32. The Morgan fingerprint density at radius 2 is 2.23 bits per heavy atom. The van der Waals surface area contributed by atoms with E-state index in [1.807, 2.05) is 25.1 Å². The summed E-state index contributed by atoms with van der Waals surface area (Å²) in [5.74, 6) is 1.40. The molecular formula is C10H10N2O. The van der Waals surface area contributed by atoms with E-state index in [4.69, 9.17) is 10.5 Å². The number of nitrogens with two attached hydrogens (primary N) is 1. The maximum atomic E-state index is 5.59. The van der Waals surface area contributed by atoms with E-state index in [1.54, 1.807) is 12.3 Å². The third kappa shape index (κ3) is 1.54.